The predicted molar refractivity (Wildman–Crippen MR) is 127 cm³/mol. The lowest BCUT2D eigenvalue weighted by Gasteiger charge is -2.19. The number of anilines is 1. The lowest BCUT2D eigenvalue weighted by molar-refractivity contribution is 0.0525. The van der Waals surface area contributed by atoms with Gasteiger partial charge >= 0.3 is 12.1 Å². The third-order valence-corrected chi connectivity index (χ3v) is 5.28. The van der Waals surface area contributed by atoms with Gasteiger partial charge in [-0.15, -0.1) is 0 Å². The third-order valence-electron chi connectivity index (χ3n) is 5.28. The minimum atomic E-state index is -0.541. The summed E-state index contributed by atoms with van der Waals surface area (Å²) in [6, 6.07) is 3.45. The number of pyridine rings is 1. The van der Waals surface area contributed by atoms with Gasteiger partial charge in [0.15, 0.2) is 5.65 Å². The van der Waals surface area contributed by atoms with Crippen molar-refractivity contribution in [3.63, 3.8) is 0 Å². The van der Waals surface area contributed by atoms with E-state index in [9.17, 15) is 9.59 Å². The highest BCUT2D eigenvalue weighted by atomic mass is 16.6. The van der Waals surface area contributed by atoms with E-state index in [4.69, 9.17) is 4.74 Å². The van der Waals surface area contributed by atoms with E-state index in [0.717, 1.165) is 31.2 Å². The summed E-state index contributed by atoms with van der Waals surface area (Å²) < 4.78 is 6.93. The SMILES string of the molecule is CC(C)(C)OC(=O)NCCn1cc(-c2cnc3ccc(NC(=O)NC4CCCC4)nc3n2)cn1. The average molecular weight is 467 g/mol. The maximum Gasteiger partial charge on any atom is 0.407 e. The average Bonchev–Trinajstić information content (AvgIpc) is 3.44. The Hall–Kier alpha value is -3.76. The van der Waals surface area contributed by atoms with Crippen LogP contribution >= 0.6 is 0 Å². The molecule has 180 valence electrons. The smallest absolute Gasteiger partial charge is 0.407 e. The van der Waals surface area contributed by atoms with Gasteiger partial charge < -0.3 is 15.4 Å². The molecule has 0 radical (unpaired) electrons. The van der Waals surface area contributed by atoms with Crippen LogP contribution in [0, 0.1) is 0 Å². The molecule has 3 aromatic heterocycles. The van der Waals surface area contributed by atoms with Gasteiger partial charge in [0.05, 0.1) is 24.6 Å². The number of ether oxygens (including phenoxy) is 1. The highest BCUT2D eigenvalue weighted by molar-refractivity contribution is 5.89. The highest BCUT2D eigenvalue weighted by Crippen LogP contribution is 2.20. The summed E-state index contributed by atoms with van der Waals surface area (Å²) in [5, 5.41) is 12.8. The molecule has 3 amide bonds. The second-order valence-electron chi connectivity index (χ2n) is 9.30. The Balaban J connectivity index is 1.37. The van der Waals surface area contributed by atoms with Crippen LogP contribution in [0.25, 0.3) is 22.4 Å². The standard InChI is InChI=1S/C23H30N8O3/c1-23(2,3)34-22(33)24-10-11-31-14-15(12-26-31)18-13-25-17-8-9-19(29-20(17)28-18)30-21(32)27-16-6-4-5-7-16/h8-9,12-14,16H,4-7,10-11H2,1-3H3,(H,24,33)(H2,27,28,29,30,32). The Morgan fingerprint density at radius 1 is 1.15 bits per heavy atom. The normalized spacial score (nSPS) is 14.2. The molecule has 3 N–H and O–H groups in total. The summed E-state index contributed by atoms with van der Waals surface area (Å²) in [4.78, 5) is 37.5. The first-order valence-corrected chi connectivity index (χ1v) is 11.5. The molecule has 11 heteroatoms. The molecule has 11 nitrogen and oxygen atoms in total. The molecule has 0 spiro atoms. The molecule has 1 saturated carbocycles. The van der Waals surface area contributed by atoms with Crippen molar-refractivity contribution in [2.45, 2.75) is 64.6 Å². The third kappa shape index (κ3) is 6.40. The van der Waals surface area contributed by atoms with Gasteiger partial charge in [0.1, 0.15) is 16.9 Å². The van der Waals surface area contributed by atoms with Gasteiger partial charge in [-0.2, -0.15) is 5.10 Å². The molecule has 3 aromatic rings. The fourth-order valence-electron chi connectivity index (χ4n) is 3.72. The second kappa shape index (κ2) is 10.0. The number of hydrogen-bond donors (Lipinski definition) is 3. The zero-order chi connectivity index (χ0) is 24.1. The minimum Gasteiger partial charge on any atom is -0.444 e. The number of hydrogen-bond acceptors (Lipinski definition) is 7. The van der Waals surface area contributed by atoms with Crippen molar-refractivity contribution >= 4 is 29.1 Å². The van der Waals surface area contributed by atoms with Crippen molar-refractivity contribution in [1.29, 1.82) is 0 Å². The monoisotopic (exact) mass is 466 g/mol. The molecular formula is C23H30N8O3. The second-order valence-corrected chi connectivity index (χ2v) is 9.30. The van der Waals surface area contributed by atoms with E-state index in [1.165, 1.54) is 0 Å². The summed E-state index contributed by atoms with van der Waals surface area (Å²) in [6.07, 6.45) is 9.01. The molecule has 0 saturated heterocycles. The van der Waals surface area contributed by atoms with Crippen LogP contribution in [0.1, 0.15) is 46.5 Å². The van der Waals surface area contributed by atoms with E-state index in [-0.39, 0.29) is 12.1 Å². The Bertz CT molecular complexity index is 1160. The number of nitrogens with zero attached hydrogens (tertiary/aromatic N) is 5. The van der Waals surface area contributed by atoms with Crippen molar-refractivity contribution in [2.75, 3.05) is 11.9 Å². The topological polar surface area (TPSA) is 136 Å². The van der Waals surface area contributed by atoms with Crippen LogP contribution in [0.15, 0.2) is 30.7 Å². The van der Waals surface area contributed by atoms with E-state index in [0.29, 0.717) is 35.8 Å². The van der Waals surface area contributed by atoms with Crippen LogP contribution < -0.4 is 16.0 Å². The zero-order valence-electron chi connectivity index (χ0n) is 19.7. The molecule has 0 unspecified atom stereocenters. The highest BCUT2D eigenvalue weighted by Gasteiger charge is 2.18. The van der Waals surface area contributed by atoms with E-state index >= 15 is 0 Å². The first-order chi connectivity index (χ1) is 16.2. The Labute approximate surface area is 197 Å². The number of nitrogens with one attached hydrogen (secondary N) is 3. The maximum absolute atomic E-state index is 12.2. The first-order valence-electron chi connectivity index (χ1n) is 11.5. The van der Waals surface area contributed by atoms with Crippen molar-refractivity contribution < 1.29 is 14.3 Å². The number of aromatic nitrogens is 5. The molecule has 34 heavy (non-hydrogen) atoms. The molecule has 0 bridgehead atoms. The van der Waals surface area contributed by atoms with Gasteiger partial charge in [0, 0.05) is 24.3 Å². The summed E-state index contributed by atoms with van der Waals surface area (Å²) in [6.45, 7) is 6.30. The number of carbonyl (C=O) groups is 2. The van der Waals surface area contributed by atoms with Crippen molar-refractivity contribution in [1.82, 2.24) is 35.4 Å². The molecular weight excluding hydrogens is 436 g/mol. The maximum atomic E-state index is 12.2. The number of fused-ring (bicyclic) bond motifs is 1. The van der Waals surface area contributed by atoms with Gasteiger partial charge in [-0.3, -0.25) is 15.0 Å². The number of amides is 3. The van der Waals surface area contributed by atoms with Crippen molar-refractivity contribution in [3.8, 4) is 11.3 Å². The molecule has 1 fully saturated rings. The molecule has 1 aliphatic rings. The van der Waals surface area contributed by atoms with E-state index < -0.39 is 11.7 Å². The van der Waals surface area contributed by atoms with E-state index in [2.05, 4.69) is 36.0 Å². The lowest BCUT2D eigenvalue weighted by Crippen LogP contribution is -2.36. The summed E-state index contributed by atoms with van der Waals surface area (Å²) in [7, 11) is 0. The molecule has 0 atom stereocenters. The minimum absolute atomic E-state index is 0.225. The first kappa shape index (κ1) is 23.4. The van der Waals surface area contributed by atoms with Gasteiger partial charge in [0.25, 0.3) is 0 Å². The predicted octanol–water partition coefficient (Wildman–Crippen LogP) is 3.48. The van der Waals surface area contributed by atoms with Gasteiger partial charge in [-0.1, -0.05) is 12.8 Å². The molecule has 1 aliphatic carbocycles. The van der Waals surface area contributed by atoms with Crippen molar-refractivity contribution in [2.24, 2.45) is 0 Å². The van der Waals surface area contributed by atoms with Crippen LogP contribution in [0.3, 0.4) is 0 Å². The fraction of sp³-hybridized carbons (Fsp3) is 0.478. The van der Waals surface area contributed by atoms with Gasteiger partial charge in [-0.05, 0) is 45.7 Å². The largest absolute Gasteiger partial charge is 0.444 e. The zero-order valence-corrected chi connectivity index (χ0v) is 19.7. The number of alkyl carbamates (subject to hydrolysis) is 1. The van der Waals surface area contributed by atoms with Crippen LogP contribution in [0.2, 0.25) is 0 Å². The van der Waals surface area contributed by atoms with Crippen LogP contribution in [0.4, 0.5) is 15.4 Å². The Morgan fingerprint density at radius 3 is 2.71 bits per heavy atom. The van der Waals surface area contributed by atoms with Crippen LogP contribution in [-0.2, 0) is 11.3 Å². The summed E-state index contributed by atoms with van der Waals surface area (Å²) in [5.74, 6) is 0.415. The molecule has 0 aliphatic heterocycles. The Morgan fingerprint density at radius 2 is 1.94 bits per heavy atom. The molecule has 0 aromatic carbocycles. The van der Waals surface area contributed by atoms with Gasteiger partial charge in [0.2, 0.25) is 0 Å². The Kier molecular flexibility index (Phi) is 6.90. The van der Waals surface area contributed by atoms with E-state index in [1.54, 1.807) is 29.2 Å². The lowest BCUT2D eigenvalue weighted by atomic mass is 10.2. The van der Waals surface area contributed by atoms with Crippen LogP contribution in [-0.4, -0.2) is 55.0 Å². The van der Waals surface area contributed by atoms with E-state index in [1.807, 2.05) is 27.0 Å². The fourth-order valence-corrected chi connectivity index (χ4v) is 3.72. The molecule has 3 heterocycles. The number of urea groups is 1. The molecule has 4 rings (SSSR count). The number of carbonyl (C=O) groups excluding carboxylic acids is 2. The quantitative estimate of drug-likeness (QED) is 0.506. The van der Waals surface area contributed by atoms with Crippen LogP contribution in [0.5, 0.6) is 0 Å². The summed E-state index contributed by atoms with van der Waals surface area (Å²) >= 11 is 0. The van der Waals surface area contributed by atoms with Crippen molar-refractivity contribution in [3.05, 3.63) is 30.7 Å². The van der Waals surface area contributed by atoms with Gasteiger partial charge in [-0.25, -0.2) is 19.6 Å². The number of rotatable bonds is 6. The summed E-state index contributed by atoms with van der Waals surface area (Å²) in [5.41, 5.74) is 1.89.